The number of carbonyl (C=O) groups is 1. The Morgan fingerprint density at radius 3 is 2.42 bits per heavy atom. The van der Waals surface area contributed by atoms with Crippen molar-refractivity contribution in [1.29, 1.82) is 5.26 Å². The number of anilines is 1. The van der Waals surface area contributed by atoms with E-state index in [1.54, 1.807) is 31.2 Å². The van der Waals surface area contributed by atoms with Gasteiger partial charge in [0.05, 0.1) is 11.1 Å². The minimum Gasteiger partial charge on any atom is -0.490 e. The van der Waals surface area contributed by atoms with Crippen molar-refractivity contribution in [2.75, 3.05) is 11.9 Å². The molecule has 4 aromatic carbocycles. The number of fused-ring (bicyclic) bond motifs is 1. The van der Waals surface area contributed by atoms with Crippen LogP contribution in [0.15, 0.2) is 93.8 Å². The van der Waals surface area contributed by atoms with Crippen molar-refractivity contribution >= 4 is 54.5 Å². The molecule has 7 nitrogen and oxygen atoms in total. The Kier molecular flexibility index (Phi) is 8.15. The summed E-state index contributed by atoms with van der Waals surface area (Å²) in [5.41, 5.74) is 1.75. The van der Waals surface area contributed by atoms with Crippen LogP contribution < -0.4 is 14.2 Å². The van der Waals surface area contributed by atoms with E-state index in [9.17, 15) is 18.5 Å². The van der Waals surface area contributed by atoms with Crippen molar-refractivity contribution < 1.29 is 22.1 Å². The van der Waals surface area contributed by atoms with E-state index in [-0.39, 0.29) is 33.0 Å². The van der Waals surface area contributed by atoms with Crippen LogP contribution in [-0.4, -0.2) is 20.9 Å². The van der Waals surface area contributed by atoms with Gasteiger partial charge < -0.3 is 14.2 Å². The molecule has 38 heavy (non-hydrogen) atoms. The molecule has 0 aromatic heterocycles. The summed E-state index contributed by atoms with van der Waals surface area (Å²) in [7, 11) is -4.14. The molecule has 0 aliphatic rings. The number of halogens is 1. The Bertz CT molecular complexity index is 1690. The largest absolute Gasteiger partial charge is 0.490 e. The number of benzene rings is 4. The first-order valence-corrected chi connectivity index (χ1v) is 13.8. The Morgan fingerprint density at radius 1 is 1.03 bits per heavy atom. The van der Waals surface area contributed by atoms with Crippen LogP contribution >= 0.6 is 15.9 Å². The second-order valence-corrected chi connectivity index (χ2v) is 10.7. The van der Waals surface area contributed by atoms with E-state index in [0.717, 1.165) is 16.3 Å². The van der Waals surface area contributed by atoms with Gasteiger partial charge in [0.25, 0.3) is 5.91 Å². The van der Waals surface area contributed by atoms with Gasteiger partial charge in [-0.05, 0) is 88.6 Å². The summed E-state index contributed by atoms with van der Waals surface area (Å²) in [4.78, 5) is 12.9. The van der Waals surface area contributed by atoms with E-state index in [1.165, 1.54) is 24.3 Å². The first-order chi connectivity index (χ1) is 18.2. The minimum absolute atomic E-state index is 0.00134. The number of ether oxygens (including phenoxy) is 1. The summed E-state index contributed by atoms with van der Waals surface area (Å²) >= 11 is 3.35. The van der Waals surface area contributed by atoms with Gasteiger partial charge in [0, 0.05) is 5.69 Å². The highest BCUT2D eigenvalue weighted by Crippen LogP contribution is 2.39. The summed E-state index contributed by atoms with van der Waals surface area (Å²) in [5.74, 6) is -0.487. The maximum atomic E-state index is 12.9. The summed E-state index contributed by atoms with van der Waals surface area (Å²) < 4.78 is 37.1. The highest BCUT2D eigenvalue weighted by atomic mass is 79.9. The second-order valence-electron chi connectivity index (χ2n) is 8.30. The smallest absolute Gasteiger partial charge is 0.339 e. The molecule has 192 valence electrons. The lowest BCUT2D eigenvalue weighted by Gasteiger charge is -2.15. The third-order valence-corrected chi connectivity index (χ3v) is 7.34. The molecule has 1 amide bonds. The predicted octanol–water partition coefficient (Wildman–Crippen LogP) is 6.62. The Balaban J connectivity index is 1.62. The van der Waals surface area contributed by atoms with Gasteiger partial charge in [0.2, 0.25) is 0 Å². The number of nitrogens with one attached hydrogen (secondary N) is 1. The lowest BCUT2D eigenvalue weighted by Crippen LogP contribution is -2.13. The zero-order valence-corrected chi connectivity index (χ0v) is 23.0. The topological polar surface area (TPSA) is 105 Å². The average molecular weight is 591 g/mol. The van der Waals surface area contributed by atoms with Crippen LogP contribution in [0.4, 0.5) is 5.69 Å². The number of nitrogens with zero attached hydrogens (tertiary/aromatic N) is 1. The normalized spacial score (nSPS) is 11.6. The van der Waals surface area contributed by atoms with E-state index >= 15 is 0 Å². The molecule has 0 aliphatic heterocycles. The van der Waals surface area contributed by atoms with Crippen LogP contribution in [0, 0.1) is 18.3 Å². The van der Waals surface area contributed by atoms with E-state index in [0.29, 0.717) is 11.3 Å². The zero-order chi connectivity index (χ0) is 27.3. The van der Waals surface area contributed by atoms with E-state index in [4.69, 9.17) is 8.92 Å². The molecule has 0 atom stereocenters. The highest BCUT2D eigenvalue weighted by Gasteiger charge is 2.22. The van der Waals surface area contributed by atoms with Crippen LogP contribution in [0.3, 0.4) is 0 Å². The molecule has 0 spiro atoms. The second kappa shape index (κ2) is 11.5. The van der Waals surface area contributed by atoms with Gasteiger partial charge >= 0.3 is 10.1 Å². The number of aryl methyl sites for hydroxylation is 1. The molecule has 9 heteroatoms. The number of carbonyl (C=O) groups excluding carboxylic acids is 1. The molecule has 4 aromatic rings. The Morgan fingerprint density at radius 2 is 1.74 bits per heavy atom. The quantitative estimate of drug-likeness (QED) is 0.140. The fourth-order valence-electron chi connectivity index (χ4n) is 3.66. The number of nitriles is 1. The molecule has 4 rings (SSSR count). The first-order valence-electron chi connectivity index (χ1n) is 11.6. The van der Waals surface area contributed by atoms with Gasteiger partial charge in [-0.1, -0.05) is 48.0 Å². The molecular formula is C29H23BrN2O5S. The van der Waals surface area contributed by atoms with Crippen LogP contribution in [0.5, 0.6) is 11.5 Å². The number of amides is 1. The maximum Gasteiger partial charge on any atom is 0.339 e. The van der Waals surface area contributed by atoms with E-state index < -0.39 is 16.0 Å². The number of rotatable bonds is 8. The molecule has 0 radical (unpaired) electrons. The fraction of sp³-hybridized carbons (Fsp3) is 0.103. The summed E-state index contributed by atoms with van der Waals surface area (Å²) in [6.45, 7) is 3.82. The van der Waals surface area contributed by atoms with Crippen molar-refractivity contribution in [3.63, 3.8) is 0 Å². The van der Waals surface area contributed by atoms with Crippen molar-refractivity contribution in [2.45, 2.75) is 18.7 Å². The van der Waals surface area contributed by atoms with Crippen LogP contribution in [0.2, 0.25) is 0 Å². The molecule has 0 aliphatic carbocycles. The number of hydrogen-bond donors (Lipinski definition) is 1. The Labute approximate surface area is 229 Å². The van der Waals surface area contributed by atoms with Gasteiger partial charge in [-0.3, -0.25) is 4.79 Å². The predicted molar refractivity (Wildman–Crippen MR) is 150 cm³/mol. The zero-order valence-electron chi connectivity index (χ0n) is 20.6. The molecule has 1 N–H and O–H groups in total. The SMILES string of the molecule is CCOc1cc(/C=C(\C#N)C(=O)Nc2ccc3ccccc3c2)cc(Br)c1OS(=O)(=O)c1ccc(C)cc1. The van der Waals surface area contributed by atoms with Crippen molar-refractivity contribution in [3.8, 4) is 17.6 Å². The van der Waals surface area contributed by atoms with Crippen LogP contribution in [0.1, 0.15) is 18.1 Å². The van der Waals surface area contributed by atoms with E-state index in [1.807, 2.05) is 49.4 Å². The van der Waals surface area contributed by atoms with E-state index in [2.05, 4.69) is 21.2 Å². The summed E-state index contributed by atoms with van der Waals surface area (Å²) in [5, 5.41) is 14.4. The van der Waals surface area contributed by atoms with Gasteiger partial charge in [-0.25, -0.2) is 0 Å². The van der Waals surface area contributed by atoms with Gasteiger partial charge in [0.1, 0.15) is 16.5 Å². The first kappa shape index (κ1) is 26.9. The third kappa shape index (κ3) is 6.22. The number of hydrogen-bond acceptors (Lipinski definition) is 6. The molecule has 0 unspecified atom stereocenters. The minimum atomic E-state index is -4.14. The molecule has 0 heterocycles. The monoisotopic (exact) mass is 590 g/mol. The molecule has 0 saturated carbocycles. The van der Waals surface area contributed by atoms with Crippen molar-refractivity contribution in [1.82, 2.24) is 0 Å². The maximum absolute atomic E-state index is 12.9. The van der Waals surface area contributed by atoms with Crippen LogP contribution in [-0.2, 0) is 14.9 Å². The summed E-state index contributed by atoms with van der Waals surface area (Å²) in [6.07, 6.45) is 1.39. The molecular weight excluding hydrogens is 568 g/mol. The molecule has 0 bridgehead atoms. The lowest BCUT2D eigenvalue weighted by atomic mass is 10.1. The fourth-order valence-corrected chi connectivity index (χ4v) is 5.26. The van der Waals surface area contributed by atoms with Crippen LogP contribution in [0.25, 0.3) is 16.8 Å². The van der Waals surface area contributed by atoms with Gasteiger partial charge in [0.15, 0.2) is 11.5 Å². The van der Waals surface area contributed by atoms with Crippen molar-refractivity contribution in [3.05, 3.63) is 100 Å². The molecule has 0 fully saturated rings. The average Bonchev–Trinajstić information content (AvgIpc) is 2.89. The standard InChI is InChI=1S/C29H23BrN2O5S/c1-3-36-27-16-20(15-26(30)28(27)37-38(34,35)25-12-8-19(2)9-13-25)14-23(18-31)29(33)32-24-11-10-21-6-4-5-7-22(21)17-24/h4-17H,3H2,1-2H3,(H,32,33)/b23-14+. The summed E-state index contributed by atoms with van der Waals surface area (Å²) in [6, 6.07) is 24.5. The van der Waals surface area contributed by atoms with Crippen molar-refractivity contribution in [2.24, 2.45) is 0 Å². The third-order valence-electron chi connectivity index (χ3n) is 5.52. The van der Waals surface area contributed by atoms with Gasteiger partial charge in [-0.15, -0.1) is 0 Å². The lowest BCUT2D eigenvalue weighted by molar-refractivity contribution is -0.112. The van der Waals surface area contributed by atoms with Gasteiger partial charge in [-0.2, -0.15) is 13.7 Å². The molecule has 0 saturated heterocycles. The highest BCUT2D eigenvalue weighted by molar-refractivity contribution is 9.10. The Hall–Kier alpha value is -4.13.